The van der Waals surface area contributed by atoms with E-state index in [1.165, 1.54) is 6.07 Å². The van der Waals surface area contributed by atoms with E-state index >= 15 is 0 Å². The van der Waals surface area contributed by atoms with Crippen LogP contribution < -0.4 is 10.6 Å². The Morgan fingerprint density at radius 3 is 2.68 bits per heavy atom. The first-order valence-electron chi connectivity index (χ1n) is 6.20. The van der Waals surface area contributed by atoms with Crippen LogP contribution in [0.3, 0.4) is 0 Å². The third-order valence-corrected chi connectivity index (χ3v) is 2.74. The Bertz CT molecular complexity index is 444. The first kappa shape index (κ1) is 15.9. The topological polar surface area (TPSA) is 41.1 Å². The van der Waals surface area contributed by atoms with Crippen LogP contribution in [0.2, 0.25) is 5.02 Å². The molecule has 0 radical (unpaired) electrons. The van der Waals surface area contributed by atoms with Crippen LogP contribution in [0.25, 0.3) is 0 Å². The van der Waals surface area contributed by atoms with Gasteiger partial charge in [-0.1, -0.05) is 44.5 Å². The second kappa shape index (κ2) is 6.87. The molecule has 0 saturated carbocycles. The summed E-state index contributed by atoms with van der Waals surface area (Å²) < 4.78 is 13.6. The van der Waals surface area contributed by atoms with Crippen molar-refractivity contribution < 1.29 is 9.18 Å². The number of hydrogen-bond donors (Lipinski definition) is 2. The lowest BCUT2D eigenvalue weighted by Gasteiger charge is -2.18. The molecule has 1 amide bonds. The maximum absolute atomic E-state index is 13.6. The standard InChI is InChI=1S/C14H20ClFN2O/c1-14(2,3)9-17-8-12(19)18-7-10-5-4-6-11(15)13(10)16/h4-6,17H,7-9H2,1-3H3,(H,18,19). The van der Waals surface area contributed by atoms with Gasteiger partial charge in [-0.25, -0.2) is 4.39 Å². The van der Waals surface area contributed by atoms with Crippen LogP contribution in [-0.2, 0) is 11.3 Å². The van der Waals surface area contributed by atoms with Crippen molar-refractivity contribution in [2.24, 2.45) is 5.41 Å². The highest BCUT2D eigenvalue weighted by Gasteiger charge is 2.11. The van der Waals surface area contributed by atoms with Crippen LogP contribution in [0, 0.1) is 11.2 Å². The monoisotopic (exact) mass is 286 g/mol. The number of hydrogen-bond acceptors (Lipinski definition) is 2. The summed E-state index contributed by atoms with van der Waals surface area (Å²) in [6, 6.07) is 4.74. The Labute approximate surface area is 118 Å². The van der Waals surface area contributed by atoms with Crippen molar-refractivity contribution in [1.82, 2.24) is 10.6 Å². The minimum atomic E-state index is -0.480. The molecule has 0 atom stereocenters. The lowest BCUT2D eigenvalue weighted by molar-refractivity contribution is -0.120. The van der Waals surface area contributed by atoms with Gasteiger partial charge in [0.2, 0.25) is 5.91 Å². The maximum atomic E-state index is 13.6. The van der Waals surface area contributed by atoms with Crippen LogP contribution in [-0.4, -0.2) is 19.0 Å². The second-order valence-corrected chi connectivity index (χ2v) is 6.06. The number of nitrogens with one attached hydrogen (secondary N) is 2. The van der Waals surface area contributed by atoms with Crippen molar-refractivity contribution in [3.05, 3.63) is 34.6 Å². The summed E-state index contributed by atoms with van der Waals surface area (Å²) >= 11 is 5.66. The fourth-order valence-corrected chi connectivity index (χ4v) is 1.69. The van der Waals surface area contributed by atoms with Crippen molar-refractivity contribution >= 4 is 17.5 Å². The average molecular weight is 287 g/mol. The fraction of sp³-hybridized carbons (Fsp3) is 0.500. The minimum Gasteiger partial charge on any atom is -0.351 e. The molecule has 0 aliphatic rings. The highest BCUT2D eigenvalue weighted by molar-refractivity contribution is 6.30. The molecule has 0 bridgehead atoms. The van der Waals surface area contributed by atoms with E-state index in [9.17, 15) is 9.18 Å². The maximum Gasteiger partial charge on any atom is 0.234 e. The van der Waals surface area contributed by atoms with Gasteiger partial charge < -0.3 is 10.6 Å². The van der Waals surface area contributed by atoms with E-state index in [0.717, 1.165) is 6.54 Å². The zero-order valence-corrected chi connectivity index (χ0v) is 12.3. The fourth-order valence-electron chi connectivity index (χ4n) is 1.49. The van der Waals surface area contributed by atoms with Crippen LogP contribution in [0.4, 0.5) is 4.39 Å². The molecule has 0 aliphatic carbocycles. The van der Waals surface area contributed by atoms with Gasteiger partial charge in [0.15, 0.2) is 0 Å². The Hall–Kier alpha value is -1.13. The van der Waals surface area contributed by atoms with Crippen molar-refractivity contribution in [3.63, 3.8) is 0 Å². The van der Waals surface area contributed by atoms with Crippen molar-refractivity contribution in [2.75, 3.05) is 13.1 Å². The lowest BCUT2D eigenvalue weighted by atomic mass is 9.97. The Morgan fingerprint density at radius 1 is 1.37 bits per heavy atom. The van der Waals surface area contributed by atoms with E-state index in [1.54, 1.807) is 12.1 Å². The molecule has 1 aromatic carbocycles. The Balaban J connectivity index is 2.36. The molecule has 0 unspecified atom stereocenters. The molecule has 2 N–H and O–H groups in total. The summed E-state index contributed by atoms with van der Waals surface area (Å²) in [4.78, 5) is 11.6. The molecule has 0 spiro atoms. The largest absolute Gasteiger partial charge is 0.351 e. The molecule has 0 aliphatic heterocycles. The van der Waals surface area contributed by atoms with E-state index in [0.29, 0.717) is 5.56 Å². The number of carbonyl (C=O) groups is 1. The van der Waals surface area contributed by atoms with Gasteiger partial charge in [-0.2, -0.15) is 0 Å². The number of halogens is 2. The SMILES string of the molecule is CC(C)(C)CNCC(=O)NCc1cccc(Cl)c1F. The Morgan fingerprint density at radius 2 is 2.05 bits per heavy atom. The molecule has 106 valence electrons. The number of amides is 1. The lowest BCUT2D eigenvalue weighted by Crippen LogP contribution is -2.37. The second-order valence-electron chi connectivity index (χ2n) is 5.65. The third kappa shape index (κ3) is 6.03. The summed E-state index contributed by atoms with van der Waals surface area (Å²) in [6.07, 6.45) is 0. The zero-order valence-electron chi connectivity index (χ0n) is 11.5. The van der Waals surface area contributed by atoms with Crippen molar-refractivity contribution in [1.29, 1.82) is 0 Å². The predicted octanol–water partition coefficient (Wildman–Crippen LogP) is 2.73. The predicted molar refractivity (Wildman–Crippen MR) is 75.6 cm³/mol. The van der Waals surface area contributed by atoms with E-state index < -0.39 is 5.82 Å². The highest BCUT2D eigenvalue weighted by Crippen LogP contribution is 2.17. The average Bonchev–Trinajstić information content (AvgIpc) is 2.29. The van der Waals surface area contributed by atoms with Gasteiger partial charge in [0.1, 0.15) is 5.82 Å². The molecule has 3 nitrogen and oxygen atoms in total. The third-order valence-electron chi connectivity index (χ3n) is 2.45. The summed E-state index contributed by atoms with van der Waals surface area (Å²) in [5.41, 5.74) is 0.510. The van der Waals surface area contributed by atoms with E-state index in [1.807, 2.05) is 0 Å². The van der Waals surface area contributed by atoms with Crippen LogP contribution >= 0.6 is 11.6 Å². The smallest absolute Gasteiger partial charge is 0.234 e. The van der Waals surface area contributed by atoms with Gasteiger partial charge in [0.05, 0.1) is 11.6 Å². The Kier molecular flexibility index (Phi) is 5.76. The quantitative estimate of drug-likeness (QED) is 0.874. The minimum absolute atomic E-state index is 0.0672. The van der Waals surface area contributed by atoms with Crippen molar-refractivity contribution in [2.45, 2.75) is 27.3 Å². The van der Waals surface area contributed by atoms with E-state index in [-0.39, 0.29) is 29.4 Å². The van der Waals surface area contributed by atoms with Gasteiger partial charge >= 0.3 is 0 Å². The molecule has 0 heterocycles. The molecule has 0 saturated heterocycles. The van der Waals surface area contributed by atoms with Gasteiger partial charge in [0, 0.05) is 18.7 Å². The van der Waals surface area contributed by atoms with Crippen LogP contribution in [0.5, 0.6) is 0 Å². The number of rotatable bonds is 5. The molecule has 19 heavy (non-hydrogen) atoms. The van der Waals surface area contributed by atoms with Gasteiger partial charge in [-0.3, -0.25) is 4.79 Å². The summed E-state index contributed by atoms with van der Waals surface area (Å²) in [5, 5.41) is 5.78. The number of benzene rings is 1. The van der Waals surface area contributed by atoms with E-state index in [2.05, 4.69) is 31.4 Å². The first-order valence-corrected chi connectivity index (χ1v) is 6.58. The summed E-state index contributed by atoms with van der Waals surface area (Å²) in [6.45, 7) is 7.35. The normalized spacial score (nSPS) is 11.4. The van der Waals surface area contributed by atoms with Crippen LogP contribution in [0.1, 0.15) is 26.3 Å². The summed E-state index contributed by atoms with van der Waals surface area (Å²) in [7, 11) is 0. The molecular weight excluding hydrogens is 267 g/mol. The van der Waals surface area contributed by atoms with Crippen molar-refractivity contribution in [3.8, 4) is 0 Å². The molecule has 1 rings (SSSR count). The zero-order chi connectivity index (χ0) is 14.5. The molecule has 1 aromatic rings. The van der Waals surface area contributed by atoms with Crippen LogP contribution in [0.15, 0.2) is 18.2 Å². The van der Waals surface area contributed by atoms with E-state index in [4.69, 9.17) is 11.6 Å². The first-order chi connectivity index (χ1) is 8.79. The molecule has 0 fully saturated rings. The van der Waals surface area contributed by atoms with Gasteiger partial charge in [-0.15, -0.1) is 0 Å². The van der Waals surface area contributed by atoms with Gasteiger partial charge in [0.25, 0.3) is 0 Å². The van der Waals surface area contributed by atoms with Gasteiger partial charge in [-0.05, 0) is 11.5 Å². The number of carbonyl (C=O) groups excluding carboxylic acids is 1. The summed E-state index contributed by atoms with van der Waals surface area (Å²) in [5.74, 6) is -0.643. The molecule has 0 aromatic heterocycles. The highest BCUT2D eigenvalue weighted by atomic mass is 35.5. The molecule has 5 heteroatoms. The molecular formula is C14H20ClFN2O.